The van der Waals surface area contributed by atoms with Crippen LogP contribution in [-0.4, -0.2) is 18.2 Å². The van der Waals surface area contributed by atoms with Crippen molar-refractivity contribution in [3.63, 3.8) is 0 Å². The van der Waals surface area contributed by atoms with Crippen molar-refractivity contribution in [2.45, 2.75) is 0 Å². The molecule has 0 aliphatic carbocycles. The molecule has 2 rings (SSSR count). The lowest BCUT2D eigenvalue weighted by Crippen LogP contribution is -1.95. The highest BCUT2D eigenvalue weighted by molar-refractivity contribution is 5.88. The van der Waals surface area contributed by atoms with E-state index in [9.17, 15) is 9.18 Å². The molecule has 20 heavy (non-hydrogen) atoms. The Labute approximate surface area is 115 Å². The van der Waals surface area contributed by atoms with Crippen molar-refractivity contribution in [2.75, 3.05) is 7.11 Å². The van der Waals surface area contributed by atoms with Gasteiger partial charge in [-0.3, -0.25) is 0 Å². The van der Waals surface area contributed by atoms with Gasteiger partial charge in [0, 0.05) is 11.1 Å². The van der Waals surface area contributed by atoms with Crippen LogP contribution in [-0.2, 0) is 0 Å². The Morgan fingerprint density at radius 3 is 2.30 bits per heavy atom. The number of aromatic carboxylic acids is 1. The van der Waals surface area contributed by atoms with E-state index in [1.54, 1.807) is 24.3 Å². The van der Waals surface area contributed by atoms with E-state index in [4.69, 9.17) is 9.84 Å². The Kier molecular flexibility index (Phi) is 4.15. The Morgan fingerprint density at radius 1 is 1.10 bits per heavy atom. The molecule has 1 N–H and O–H groups in total. The minimum Gasteiger partial charge on any atom is -0.496 e. The van der Waals surface area contributed by atoms with Crippen molar-refractivity contribution in [3.05, 3.63) is 65.2 Å². The summed E-state index contributed by atoms with van der Waals surface area (Å²) in [5.41, 5.74) is 1.06. The van der Waals surface area contributed by atoms with E-state index in [1.165, 1.54) is 37.5 Å². The Hall–Kier alpha value is -2.62. The van der Waals surface area contributed by atoms with Crippen LogP contribution in [0.4, 0.5) is 4.39 Å². The number of hydrogen-bond donors (Lipinski definition) is 1. The van der Waals surface area contributed by atoms with Gasteiger partial charge in [0.15, 0.2) is 0 Å². The number of carbonyl (C=O) groups is 1. The minimum atomic E-state index is -1.04. The lowest BCUT2D eigenvalue weighted by molar-refractivity contribution is 0.0697. The fraction of sp³-hybridized carbons (Fsp3) is 0.0625. The van der Waals surface area contributed by atoms with Crippen molar-refractivity contribution >= 4 is 17.9 Å². The van der Waals surface area contributed by atoms with Gasteiger partial charge in [-0.1, -0.05) is 30.3 Å². The van der Waals surface area contributed by atoms with Crippen molar-refractivity contribution in [3.8, 4) is 5.75 Å². The fourth-order valence-electron chi connectivity index (χ4n) is 1.78. The van der Waals surface area contributed by atoms with Crippen LogP contribution in [0.3, 0.4) is 0 Å². The number of carboxylic acids is 1. The van der Waals surface area contributed by atoms with Crippen LogP contribution in [0.1, 0.15) is 21.5 Å². The summed E-state index contributed by atoms with van der Waals surface area (Å²) in [7, 11) is 1.52. The molecule has 4 heteroatoms. The molecular formula is C16H13FO3. The van der Waals surface area contributed by atoms with Gasteiger partial charge in [-0.05, 0) is 24.3 Å². The number of benzene rings is 2. The Bertz CT molecular complexity index is 645. The van der Waals surface area contributed by atoms with Crippen molar-refractivity contribution in [1.29, 1.82) is 0 Å². The predicted octanol–water partition coefficient (Wildman–Crippen LogP) is 3.86. The maximum absolute atomic E-state index is 14.1. The molecule has 0 amide bonds. The van der Waals surface area contributed by atoms with Crippen LogP contribution >= 0.6 is 0 Å². The number of rotatable bonds is 4. The molecule has 0 radical (unpaired) electrons. The van der Waals surface area contributed by atoms with Crippen LogP contribution < -0.4 is 4.74 Å². The number of para-hydroxylation sites is 1. The van der Waals surface area contributed by atoms with Gasteiger partial charge in [-0.2, -0.15) is 0 Å². The van der Waals surface area contributed by atoms with Crippen molar-refractivity contribution < 1.29 is 19.0 Å². The number of carboxylic acid groups (broad SMARTS) is 1. The molecule has 3 nitrogen and oxygen atoms in total. The summed E-state index contributed by atoms with van der Waals surface area (Å²) in [4.78, 5) is 10.7. The number of methoxy groups -OCH3 is 1. The topological polar surface area (TPSA) is 46.5 Å². The Balaban J connectivity index is 2.32. The summed E-state index contributed by atoms with van der Waals surface area (Å²) < 4.78 is 19.3. The second-order valence-electron chi connectivity index (χ2n) is 4.12. The summed E-state index contributed by atoms with van der Waals surface area (Å²) in [6.45, 7) is 0. The zero-order valence-electron chi connectivity index (χ0n) is 10.8. The molecule has 0 saturated heterocycles. The van der Waals surface area contributed by atoms with Crippen LogP contribution in [0.5, 0.6) is 5.75 Å². The first-order chi connectivity index (χ1) is 9.61. The van der Waals surface area contributed by atoms with E-state index < -0.39 is 11.8 Å². The van der Waals surface area contributed by atoms with Crippen LogP contribution in [0.2, 0.25) is 0 Å². The van der Waals surface area contributed by atoms with E-state index in [0.29, 0.717) is 16.9 Å². The first kappa shape index (κ1) is 13.8. The SMILES string of the molecule is COc1ccccc1C=C(F)c1ccc(C(=O)O)cc1. The van der Waals surface area contributed by atoms with Gasteiger partial charge in [0.2, 0.25) is 0 Å². The largest absolute Gasteiger partial charge is 0.496 e. The summed E-state index contributed by atoms with van der Waals surface area (Å²) in [6, 6.07) is 12.7. The molecule has 0 atom stereocenters. The number of hydrogen-bond acceptors (Lipinski definition) is 2. The molecule has 0 aromatic heterocycles. The summed E-state index contributed by atoms with van der Waals surface area (Å²) in [6.07, 6.45) is 1.36. The zero-order valence-corrected chi connectivity index (χ0v) is 10.8. The zero-order chi connectivity index (χ0) is 14.5. The summed E-state index contributed by atoms with van der Waals surface area (Å²) in [5, 5.41) is 8.79. The molecule has 0 bridgehead atoms. The van der Waals surface area contributed by atoms with Crippen molar-refractivity contribution in [2.24, 2.45) is 0 Å². The van der Waals surface area contributed by atoms with Crippen LogP contribution in [0.15, 0.2) is 48.5 Å². The minimum absolute atomic E-state index is 0.124. The molecule has 0 aliphatic rings. The van der Waals surface area contributed by atoms with Gasteiger partial charge in [0.25, 0.3) is 0 Å². The Morgan fingerprint density at radius 2 is 1.70 bits per heavy atom. The third kappa shape index (κ3) is 3.03. The first-order valence-electron chi connectivity index (χ1n) is 5.96. The summed E-state index contributed by atoms with van der Waals surface area (Å²) >= 11 is 0. The first-order valence-corrected chi connectivity index (χ1v) is 5.96. The normalized spacial score (nSPS) is 11.2. The fourth-order valence-corrected chi connectivity index (χ4v) is 1.78. The third-order valence-corrected chi connectivity index (χ3v) is 2.83. The molecule has 0 unspecified atom stereocenters. The molecule has 0 fully saturated rings. The average Bonchev–Trinajstić information content (AvgIpc) is 2.48. The van der Waals surface area contributed by atoms with Crippen LogP contribution in [0, 0.1) is 0 Å². The monoisotopic (exact) mass is 272 g/mol. The molecule has 0 saturated carbocycles. The molecule has 0 heterocycles. The number of ether oxygens (including phenoxy) is 1. The highest BCUT2D eigenvalue weighted by Crippen LogP contribution is 2.25. The van der Waals surface area contributed by atoms with E-state index in [2.05, 4.69) is 0 Å². The van der Waals surface area contributed by atoms with E-state index in [1.807, 2.05) is 0 Å². The van der Waals surface area contributed by atoms with E-state index in [-0.39, 0.29) is 5.56 Å². The van der Waals surface area contributed by atoms with Crippen molar-refractivity contribution in [1.82, 2.24) is 0 Å². The molecule has 102 valence electrons. The lowest BCUT2D eigenvalue weighted by Gasteiger charge is -2.05. The maximum atomic E-state index is 14.1. The molecule has 0 aliphatic heterocycles. The molecule has 0 spiro atoms. The molecule has 2 aromatic rings. The second-order valence-corrected chi connectivity index (χ2v) is 4.12. The third-order valence-electron chi connectivity index (χ3n) is 2.83. The quantitative estimate of drug-likeness (QED) is 0.860. The van der Waals surface area contributed by atoms with Gasteiger partial charge in [-0.25, -0.2) is 9.18 Å². The standard InChI is InChI=1S/C16H13FO3/c1-20-15-5-3-2-4-13(15)10-14(17)11-6-8-12(9-7-11)16(18)19/h2-10H,1H3,(H,18,19). The molecule has 2 aromatic carbocycles. The van der Waals surface area contributed by atoms with Gasteiger partial charge >= 0.3 is 5.97 Å². The maximum Gasteiger partial charge on any atom is 0.335 e. The highest BCUT2D eigenvalue weighted by atomic mass is 19.1. The summed E-state index contributed by atoms with van der Waals surface area (Å²) in [5.74, 6) is -0.915. The van der Waals surface area contributed by atoms with Gasteiger partial charge in [-0.15, -0.1) is 0 Å². The van der Waals surface area contributed by atoms with E-state index >= 15 is 0 Å². The van der Waals surface area contributed by atoms with Crippen LogP contribution in [0.25, 0.3) is 11.9 Å². The second kappa shape index (κ2) is 6.02. The molecular weight excluding hydrogens is 259 g/mol. The van der Waals surface area contributed by atoms with E-state index in [0.717, 1.165) is 0 Å². The predicted molar refractivity (Wildman–Crippen MR) is 75.4 cm³/mol. The average molecular weight is 272 g/mol. The van der Waals surface area contributed by atoms with Gasteiger partial charge in [0.05, 0.1) is 12.7 Å². The number of halogens is 1. The van der Waals surface area contributed by atoms with Gasteiger partial charge in [0.1, 0.15) is 11.6 Å². The lowest BCUT2D eigenvalue weighted by atomic mass is 10.1. The smallest absolute Gasteiger partial charge is 0.335 e. The van der Waals surface area contributed by atoms with Gasteiger partial charge < -0.3 is 9.84 Å². The highest BCUT2D eigenvalue weighted by Gasteiger charge is 2.06.